The minimum atomic E-state index is -3.69. The average molecular weight is 297 g/mol. The molecule has 8 heteroatoms. The second kappa shape index (κ2) is 5.24. The summed E-state index contributed by atoms with van der Waals surface area (Å²) in [5.74, 6) is 0. The first-order chi connectivity index (χ1) is 8.40. The zero-order valence-electron chi connectivity index (χ0n) is 11.6. The molecule has 1 amide bonds. The van der Waals surface area contributed by atoms with Gasteiger partial charge in [0.05, 0.1) is 12.8 Å². The highest BCUT2D eigenvalue weighted by Gasteiger charge is 2.42. The van der Waals surface area contributed by atoms with E-state index in [1.165, 1.54) is 4.90 Å². The zero-order valence-corrected chi connectivity index (χ0v) is 12.4. The Morgan fingerprint density at radius 3 is 2.47 bits per heavy atom. The summed E-state index contributed by atoms with van der Waals surface area (Å²) in [6.07, 6.45) is 0.282. The van der Waals surface area contributed by atoms with Crippen LogP contribution in [0.4, 0.5) is 9.18 Å². The van der Waals surface area contributed by atoms with Crippen LogP contribution >= 0.6 is 0 Å². The lowest BCUT2D eigenvalue weighted by molar-refractivity contribution is 0.0234. The topological polar surface area (TPSA) is 72.9 Å². The van der Waals surface area contributed by atoms with Crippen molar-refractivity contribution in [1.29, 1.82) is 0 Å². The van der Waals surface area contributed by atoms with Crippen molar-refractivity contribution < 1.29 is 26.5 Å². The number of nitrogens with zero attached hydrogens (tertiary/aromatic N) is 1. The molecule has 0 aromatic carbocycles. The van der Waals surface area contributed by atoms with Crippen LogP contribution in [0.15, 0.2) is 0 Å². The first-order valence-corrected chi connectivity index (χ1v) is 7.73. The van der Waals surface area contributed by atoms with Gasteiger partial charge in [-0.25, -0.2) is 9.18 Å². The van der Waals surface area contributed by atoms with Crippen molar-refractivity contribution >= 4 is 16.2 Å². The Kier molecular flexibility index (Phi) is 4.46. The summed E-state index contributed by atoms with van der Waals surface area (Å²) in [6, 6.07) is 0. The van der Waals surface area contributed by atoms with Gasteiger partial charge >= 0.3 is 6.09 Å². The van der Waals surface area contributed by atoms with Gasteiger partial charge in [-0.15, -0.1) is 0 Å². The highest BCUT2D eigenvalue weighted by atomic mass is 32.2. The monoisotopic (exact) mass is 297 g/mol. The van der Waals surface area contributed by atoms with E-state index >= 15 is 0 Å². The Labute approximate surface area is 113 Å². The first-order valence-electron chi connectivity index (χ1n) is 5.92. The van der Waals surface area contributed by atoms with E-state index in [0.717, 1.165) is 6.26 Å². The van der Waals surface area contributed by atoms with Crippen LogP contribution in [0.2, 0.25) is 0 Å². The van der Waals surface area contributed by atoms with Crippen molar-refractivity contribution in [3.63, 3.8) is 0 Å². The Balaban J connectivity index is 2.55. The van der Waals surface area contributed by atoms with Crippen LogP contribution in [0.1, 0.15) is 27.2 Å². The summed E-state index contributed by atoms with van der Waals surface area (Å²) in [4.78, 5) is 12.9. The van der Waals surface area contributed by atoms with Gasteiger partial charge in [-0.05, 0) is 20.8 Å². The van der Waals surface area contributed by atoms with Crippen LogP contribution in [0, 0.1) is 0 Å². The van der Waals surface area contributed by atoms with Crippen molar-refractivity contribution in [3.8, 4) is 0 Å². The van der Waals surface area contributed by atoms with E-state index < -0.39 is 34.1 Å². The molecule has 1 rings (SSSR count). The Bertz CT molecular complexity index is 444. The van der Waals surface area contributed by atoms with E-state index in [1.54, 1.807) is 20.8 Å². The number of halogens is 1. The van der Waals surface area contributed by atoms with E-state index in [4.69, 9.17) is 4.74 Å². The van der Waals surface area contributed by atoms with E-state index in [9.17, 15) is 17.6 Å². The maximum atomic E-state index is 14.2. The summed E-state index contributed by atoms with van der Waals surface area (Å²) in [6.45, 7) is 4.53. The molecule has 1 heterocycles. The number of alkyl halides is 1. The molecule has 112 valence electrons. The SMILES string of the molecule is CC(C)(C)OC(=O)N1CCC(F)(COS(C)(=O)=O)C1. The van der Waals surface area contributed by atoms with Gasteiger partial charge in [-0.2, -0.15) is 8.42 Å². The van der Waals surface area contributed by atoms with Gasteiger partial charge < -0.3 is 9.64 Å². The third-order valence-electron chi connectivity index (χ3n) is 2.49. The number of likely N-dealkylation sites (tertiary alicyclic amines) is 1. The molecule has 1 saturated heterocycles. The lowest BCUT2D eigenvalue weighted by Gasteiger charge is -2.25. The van der Waals surface area contributed by atoms with Crippen LogP contribution in [0.5, 0.6) is 0 Å². The van der Waals surface area contributed by atoms with Crippen molar-refractivity contribution in [2.24, 2.45) is 0 Å². The predicted molar refractivity (Wildman–Crippen MR) is 67.1 cm³/mol. The molecular formula is C11H20FNO5S. The van der Waals surface area contributed by atoms with Crippen molar-refractivity contribution in [3.05, 3.63) is 0 Å². The second-order valence-electron chi connectivity index (χ2n) is 5.77. The Morgan fingerprint density at radius 1 is 1.42 bits per heavy atom. The average Bonchev–Trinajstić information content (AvgIpc) is 2.56. The van der Waals surface area contributed by atoms with Crippen LogP contribution in [-0.4, -0.2) is 56.6 Å². The molecule has 1 atom stereocenters. The maximum Gasteiger partial charge on any atom is 0.410 e. The van der Waals surface area contributed by atoms with Crippen LogP contribution in [-0.2, 0) is 19.0 Å². The quantitative estimate of drug-likeness (QED) is 0.734. The number of rotatable bonds is 3. The number of amides is 1. The van der Waals surface area contributed by atoms with E-state index in [1.807, 2.05) is 0 Å². The van der Waals surface area contributed by atoms with E-state index in [2.05, 4.69) is 4.18 Å². The minimum Gasteiger partial charge on any atom is -0.444 e. The van der Waals surface area contributed by atoms with Gasteiger partial charge in [0.2, 0.25) is 0 Å². The molecule has 0 saturated carbocycles. The molecule has 1 unspecified atom stereocenters. The van der Waals surface area contributed by atoms with Gasteiger partial charge in [-0.3, -0.25) is 4.18 Å². The number of hydrogen-bond acceptors (Lipinski definition) is 5. The third-order valence-corrected chi connectivity index (χ3v) is 3.03. The number of ether oxygens (including phenoxy) is 1. The smallest absolute Gasteiger partial charge is 0.410 e. The number of hydrogen-bond donors (Lipinski definition) is 0. The molecule has 6 nitrogen and oxygen atoms in total. The summed E-state index contributed by atoms with van der Waals surface area (Å²) < 4.78 is 45.5. The highest BCUT2D eigenvalue weighted by molar-refractivity contribution is 7.85. The molecule has 1 fully saturated rings. The van der Waals surface area contributed by atoms with Crippen LogP contribution < -0.4 is 0 Å². The zero-order chi connectivity index (χ0) is 14.9. The highest BCUT2D eigenvalue weighted by Crippen LogP contribution is 2.27. The second-order valence-corrected chi connectivity index (χ2v) is 7.41. The predicted octanol–water partition coefficient (Wildman–Crippen LogP) is 1.31. The largest absolute Gasteiger partial charge is 0.444 e. The molecule has 1 aliphatic heterocycles. The van der Waals surface area contributed by atoms with Crippen molar-refractivity contribution in [2.75, 3.05) is 26.0 Å². The van der Waals surface area contributed by atoms with Crippen molar-refractivity contribution in [2.45, 2.75) is 38.5 Å². The van der Waals surface area contributed by atoms with Gasteiger partial charge in [0, 0.05) is 13.0 Å². The van der Waals surface area contributed by atoms with Crippen molar-refractivity contribution in [1.82, 2.24) is 4.90 Å². The molecule has 0 aromatic heterocycles. The summed E-state index contributed by atoms with van der Waals surface area (Å²) >= 11 is 0. The standard InChI is InChI=1S/C11H20FNO5S/c1-10(2,3)18-9(14)13-6-5-11(12,7-13)8-17-19(4,15)16/h5-8H2,1-4H3. The molecule has 1 aliphatic rings. The molecule has 0 bridgehead atoms. The van der Waals surface area contributed by atoms with Crippen LogP contribution in [0.25, 0.3) is 0 Å². The van der Waals surface area contributed by atoms with E-state index in [-0.39, 0.29) is 19.5 Å². The summed E-state index contributed by atoms with van der Waals surface area (Å²) in [5, 5.41) is 0. The lowest BCUT2D eigenvalue weighted by atomic mass is 10.1. The molecule has 19 heavy (non-hydrogen) atoms. The molecule has 0 spiro atoms. The van der Waals surface area contributed by atoms with Gasteiger partial charge in [-0.1, -0.05) is 0 Å². The summed E-state index contributed by atoms with van der Waals surface area (Å²) in [5.41, 5.74) is -2.50. The third kappa shape index (κ3) is 5.73. The van der Waals surface area contributed by atoms with Gasteiger partial charge in [0.15, 0.2) is 5.67 Å². The van der Waals surface area contributed by atoms with E-state index in [0.29, 0.717) is 0 Å². The number of carbonyl (C=O) groups excluding carboxylic acids is 1. The lowest BCUT2D eigenvalue weighted by Crippen LogP contribution is -2.39. The molecule has 0 N–H and O–H groups in total. The summed E-state index contributed by atoms with van der Waals surface area (Å²) in [7, 11) is -3.69. The molecule has 0 aliphatic carbocycles. The first kappa shape index (κ1) is 16.2. The molecule has 0 aromatic rings. The van der Waals surface area contributed by atoms with Crippen LogP contribution in [0.3, 0.4) is 0 Å². The number of carbonyl (C=O) groups is 1. The molecular weight excluding hydrogens is 277 g/mol. The fraction of sp³-hybridized carbons (Fsp3) is 0.909. The fourth-order valence-electron chi connectivity index (χ4n) is 1.65. The fourth-order valence-corrected chi connectivity index (χ4v) is 2.07. The van der Waals surface area contributed by atoms with Gasteiger partial charge in [0.25, 0.3) is 10.1 Å². The normalized spacial score (nSPS) is 24.6. The Hall–Kier alpha value is -0.890. The maximum absolute atomic E-state index is 14.2. The Morgan fingerprint density at radius 2 is 2.00 bits per heavy atom. The van der Waals surface area contributed by atoms with Gasteiger partial charge in [0.1, 0.15) is 12.2 Å². The minimum absolute atomic E-state index is 0.0295. The molecule has 0 radical (unpaired) electrons.